The van der Waals surface area contributed by atoms with Crippen molar-refractivity contribution in [3.8, 4) is 0 Å². The van der Waals surface area contributed by atoms with Gasteiger partial charge in [0.2, 0.25) is 0 Å². The molecule has 0 aliphatic carbocycles. The van der Waals surface area contributed by atoms with Crippen LogP contribution in [0.15, 0.2) is 217 Å². The highest BCUT2D eigenvalue weighted by Gasteiger charge is 2.21. The third kappa shape index (κ3) is 8.17. The van der Waals surface area contributed by atoms with E-state index in [0.717, 1.165) is 75.4 Å². The number of fused-ring (bicyclic) bond motifs is 7. The van der Waals surface area contributed by atoms with E-state index < -0.39 is 0 Å². The molecule has 0 radical (unpaired) electrons. The Kier molecular flexibility index (Phi) is 11.5. The van der Waals surface area contributed by atoms with Gasteiger partial charge < -0.3 is 4.42 Å². The van der Waals surface area contributed by atoms with E-state index in [0.29, 0.717) is 36.2 Å². The number of rotatable bonds is 11. The molecule has 0 N–H and O–H groups in total. The minimum Gasteiger partial charge on any atom is -0.452 e. The number of para-hydroxylation sites is 1. The Morgan fingerprint density at radius 2 is 1.34 bits per heavy atom. The first-order chi connectivity index (χ1) is 32.1. The fourth-order valence-corrected chi connectivity index (χ4v) is 9.66. The van der Waals surface area contributed by atoms with E-state index in [4.69, 9.17) is 19.4 Å². The zero-order valence-electron chi connectivity index (χ0n) is 35.9. The molecule has 10 rings (SSSR count). The summed E-state index contributed by atoms with van der Waals surface area (Å²) < 4.78 is 8.67. The largest absolute Gasteiger partial charge is 0.452 e. The van der Waals surface area contributed by atoms with Crippen molar-refractivity contribution in [3.63, 3.8) is 0 Å². The number of benzene rings is 8. The third-order valence-electron chi connectivity index (χ3n) is 11.6. The quantitative estimate of drug-likeness (QED) is 0.0552. The molecule has 65 heavy (non-hydrogen) atoms. The van der Waals surface area contributed by atoms with Crippen LogP contribution in [0.25, 0.3) is 58.8 Å². The van der Waals surface area contributed by atoms with Gasteiger partial charge >= 0.3 is 0 Å². The number of furan rings is 1. The average molecular weight is 858 g/mol. The van der Waals surface area contributed by atoms with Crippen LogP contribution in [-0.4, -0.2) is 30.8 Å². The van der Waals surface area contributed by atoms with E-state index in [1.807, 2.05) is 85.8 Å². The zero-order valence-corrected chi connectivity index (χ0v) is 36.7. The molecule has 0 amide bonds. The molecule has 0 saturated heterocycles. The number of aliphatic imine (C=N–C) groups is 5. The predicted octanol–water partition coefficient (Wildman–Crippen LogP) is 15.2. The maximum atomic E-state index is 6.40. The molecule has 0 spiro atoms. The Bertz CT molecular complexity index is 3590. The van der Waals surface area contributed by atoms with Crippen LogP contribution in [0.4, 0.5) is 5.69 Å². The zero-order chi connectivity index (χ0) is 44.1. The van der Waals surface area contributed by atoms with Crippen LogP contribution in [0.5, 0.6) is 0 Å². The minimum atomic E-state index is 0.437. The van der Waals surface area contributed by atoms with Crippen molar-refractivity contribution in [1.82, 2.24) is 0 Å². The van der Waals surface area contributed by atoms with E-state index in [1.54, 1.807) is 11.3 Å². The van der Waals surface area contributed by atoms with Crippen LogP contribution in [0.1, 0.15) is 46.1 Å². The second kappa shape index (κ2) is 18.3. The molecule has 2 heterocycles. The maximum Gasteiger partial charge on any atom is 0.179 e. The molecule has 0 unspecified atom stereocenters. The average Bonchev–Trinajstić information content (AvgIpc) is 3.93. The van der Waals surface area contributed by atoms with Gasteiger partial charge in [-0.2, -0.15) is 0 Å². The smallest absolute Gasteiger partial charge is 0.179 e. The monoisotopic (exact) mass is 857 g/mol. The molecule has 10 aromatic rings. The van der Waals surface area contributed by atoms with Gasteiger partial charge in [-0.15, -0.1) is 11.3 Å². The van der Waals surface area contributed by atoms with Crippen LogP contribution in [0.2, 0.25) is 0 Å². The lowest BCUT2D eigenvalue weighted by atomic mass is 9.95. The summed E-state index contributed by atoms with van der Waals surface area (Å²) in [6, 6.07) is 58.4. The van der Waals surface area contributed by atoms with Crippen molar-refractivity contribution in [1.29, 1.82) is 0 Å². The molecule has 6 nitrogen and oxygen atoms in total. The molecular weight excluding hydrogens is 815 g/mol. The van der Waals surface area contributed by atoms with Crippen molar-refractivity contribution in [2.45, 2.75) is 20.0 Å². The highest BCUT2D eigenvalue weighted by molar-refractivity contribution is 7.25. The van der Waals surface area contributed by atoms with Gasteiger partial charge in [0.1, 0.15) is 17.0 Å². The van der Waals surface area contributed by atoms with Crippen molar-refractivity contribution in [2.75, 3.05) is 0 Å². The number of nitrogens with zero attached hydrogens (tertiary/aromatic N) is 5. The summed E-state index contributed by atoms with van der Waals surface area (Å²) in [7, 11) is 0. The Balaban J connectivity index is 1.05. The van der Waals surface area contributed by atoms with Gasteiger partial charge in [-0.25, -0.2) is 9.98 Å². The van der Waals surface area contributed by atoms with Crippen LogP contribution < -0.4 is 0 Å². The SMILES string of the molecule is C=NC(=NC(=NCc1ccccc1)c1ccc2cc(/C=C\C=C/C)c3ccccc3c2c1)c1cccc2sc3cc(CN=C(c4ccccc4)c4oc5ccccc5c4N=C)ccc3c12. The molecule has 0 fully saturated rings. The second-order valence-electron chi connectivity index (χ2n) is 15.6. The van der Waals surface area contributed by atoms with E-state index in [2.05, 4.69) is 139 Å². The van der Waals surface area contributed by atoms with Crippen molar-refractivity contribution < 1.29 is 4.42 Å². The van der Waals surface area contributed by atoms with Gasteiger partial charge in [-0.05, 0) is 95.0 Å². The van der Waals surface area contributed by atoms with Gasteiger partial charge in [-0.1, -0.05) is 158 Å². The maximum absolute atomic E-state index is 6.40. The van der Waals surface area contributed by atoms with Gasteiger partial charge in [0.05, 0.1) is 13.1 Å². The van der Waals surface area contributed by atoms with Crippen molar-refractivity contribution in [3.05, 3.63) is 227 Å². The van der Waals surface area contributed by atoms with Gasteiger partial charge in [0.15, 0.2) is 17.4 Å². The first kappa shape index (κ1) is 40.9. The van der Waals surface area contributed by atoms with Crippen LogP contribution in [0.3, 0.4) is 0 Å². The summed E-state index contributed by atoms with van der Waals surface area (Å²) in [5.41, 5.74) is 8.23. The lowest BCUT2D eigenvalue weighted by Crippen LogP contribution is -2.06. The molecule has 0 saturated carbocycles. The Labute approximate surface area is 381 Å². The highest BCUT2D eigenvalue weighted by Crippen LogP contribution is 2.39. The molecule has 8 aromatic carbocycles. The van der Waals surface area contributed by atoms with Gasteiger partial charge in [0, 0.05) is 42.2 Å². The van der Waals surface area contributed by atoms with E-state index in [-0.39, 0.29) is 0 Å². The fourth-order valence-electron chi connectivity index (χ4n) is 8.46. The summed E-state index contributed by atoms with van der Waals surface area (Å²) in [4.78, 5) is 24.6. The molecule has 0 aliphatic heterocycles. The fraction of sp³-hybridized carbons (Fsp3) is 0.0517. The standard InChI is InChI=1S/C58H43N5OS/c1-4-5-8-22-41-34-42-30-31-43(35-49(42)45-24-14-13-23-44(41)45)57(62-36-38-18-9-6-10-19-38)63-58(60-3)48-26-17-28-51-53(48)47-32-29-39(33-52(47)65-51)37-61-54(40-20-11-7-12-21-40)56-55(59-2)46-25-15-16-27-50(46)64-56/h4-35H,2-3,36-37H2,1H3/b5-4-,22-8-,61-54?,62-57?,63-58?. The second-order valence-corrected chi connectivity index (χ2v) is 16.7. The number of amidine groups is 2. The molecule has 7 heteroatoms. The molecule has 312 valence electrons. The topological polar surface area (TPSA) is 74.9 Å². The first-order valence-corrected chi connectivity index (χ1v) is 22.3. The Hall–Kier alpha value is -8.13. The third-order valence-corrected chi connectivity index (χ3v) is 12.7. The summed E-state index contributed by atoms with van der Waals surface area (Å²) in [6.45, 7) is 10.9. The summed E-state index contributed by atoms with van der Waals surface area (Å²) in [5.74, 6) is 1.70. The number of thiophene rings is 1. The van der Waals surface area contributed by atoms with Crippen LogP contribution in [0, 0.1) is 0 Å². The predicted molar refractivity (Wildman–Crippen MR) is 279 cm³/mol. The van der Waals surface area contributed by atoms with Gasteiger partial charge in [0.25, 0.3) is 0 Å². The molecular formula is C58H43N5OS. The molecule has 0 atom stereocenters. The van der Waals surface area contributed by atoms with Crippen LogP contribution >= 0.6 is 11.3 Å². The normalized spacial score (nSPS) is 12.8. The molecule has 2 aromatic heterocycles. The van der Waals surface area contributed by atoms with E-state index >= 15 is 0 Å². The molecule has 0 aliphatic rings. The molecule has 0 bridgehead atoms. The van der Waals surface area contributed by atoms with Crippen molar-refractivity contribution >= 4 is 107 Å². The summed E-state index contributed by atoms with van der Waals surface area (Å²) in [6.07, 6.45) is 8.34. The minimum absolute atomic E-state index is 0.437. The number of hydrogen-bond donors (Lipinski definition) is 0. The van der Waals surface area contributed by atoms with Crippen LogP contribution in [-0.2, 0) is 13.1 Å². The lowest BCUT2D eigenvalue weighted by molar-refractivity contribution is 0.605. The summed E-state index contributed by atoms with van der Waals surface area (Å²) >= 11 is 1.74. The first-order valence-electron chi connectivity index (χ1n) is 21.5. The van der Waals surface area contributed by atoms with Gasteiger partial charge in [-0.3, -0.25) is 15.0 Å². The number of hydrogen-bond acceptors (Lipinski definition) is 5. The van der Waals surface area contributed by atoms with E-state index in [1.165, 1.54) is 16.3 Å². The van der Waals surface area contributed by atoms with E-state index in [9.17, 15) is 0 Å². The Morgan fingerprint density at radius 3 is 2.14 bits per heavy atom. The van der Waals surface area contributed by atoms with Crippen molar-refractivity contribution in [2.24, 2.45) is 25.0 Å². The lowest BCUT2D eigenvalue weighted by Gasteiger charge is -2.11. The number of allylic oxidation sites excluding steroid dienone is 3. The highest BCUT2D eigenvalue weighted by atomic mass is 32.1. The Morgan fingerprint density at radius 1 is 0.585 bits per heavy atom. The summed E-state index contributed by atoms with van der Waals surface area (Å²) in [5, 5.41) is 7.73.